The van der Waals surface area contributed by atoms with Gasteiger partial charge in [-0.1, -0.05) is 57.2 Å². The minimum absolute atomic E-state index is 0.137. The van der Waals surface area contributed by atoms with Crippen molar-refractivity contribution in [2.45, 2.75) is 45.2 Å². The van der Waals surface area contributed by atoms with Gasteiger partial charge in [0.2, 0.25) is 0 Å². The van der Waals surface area contributed by atoms with E-state index in [0.717, 1.165) is 37.5 Å². The lowest BCUT2D eigenvalue weighted by atomic mass is 9.86. The molecule has 2 aromatic carbocycles. The first-order valence-electron chi connectivity index (χ1n) is 9.17. The van der Waals surface area contributed by atoms with Crippen molar-refractivity contribution in [1.82, 2.24) is 4.90 Å². The largest absolute Gasteiger partial charge is 0.495 e. The summed E-state index contributed by atoms with van der Waals surface area (Å²) in [6, 6.07) is 17.7. The number of hydrogen-bond donors (Lipinski definition) is 1. The molecule has 0 spiro atoms. The van der Waals surface area contributed by atoms with Gasteiger partial charge in [-0.3, -0.25) is 4.90 Å². The zero-order valence-corrected chi connectivity index (χ0v) is 15.9. The molecule has 2 aromatic rings. The van der Waals surface area contributed by atoms with Crippen LogP contribution in [0.25, 0.3) is 0 Å². The van der Waals surface area contributed by atoms with Crippen molar-refractivity contribution in [2.75, 3.05) is 25.5 Å². The van der Waals surface area contributed by atoms with Crippen LogP contribution in [-0.2, 0) is 12.0 Å². The molecule has 0 aromatic heterocycles. The minimum Gasteiger partial charge on any atom is -0.495 e. The molecule has 1 heterocycles. The van der Waals surface area contributed by atoms with Crippen molar-refractivity contribution in [3.63, 3.8) is 0 Å². The molecule has 0 amide bonds. The SMILES string of the molecule is COc1ccc(C(C)(C)C)cc1NC1CCN(Cc2ccccc2)C1. The van der Waals surface area contributed by atoms with Crippen molar-refractivity contribution in [3.05, 3.63) is 59.7 Å². The Kier molecular flexibility index (Phi) is 5.33. The fraction of sp³-hybridized carbons (Fsp3) is 0.455. The van der Waals surface area contributed by atoms with Crippen molar-refractivity contribution in [3.8, 4) is 5.75 Å². The molecule has 0 radical (unpaired) electrons. The van der Waals surface area contributed by atoms with E-state index >= 15 is 0 Å². The number of nitrogens with one attached hydrogen (secondary N) is 1. The summed E-state index contributed by atoms with van der Waals surface area (Å²) in [5.74, 6) is 0.925. The second-order valence-electron chi connectivity index (χ2n) is 8.02. The molecule has 134 valence electrons. The van der Waals surface area contributed by atoms with Gasteiger partial charge in [0.15, 0.2) is 0 Å². The zero-order chi connectivity index (χ0) is 17.9. The molecule has 1 aliphatic heterocycles. The maximum absolute atomic E-state index is 5.57. The highest BCUT2D eigenvalue weighted by Gasteiger charge is 2.24. The third-order valence-corrected chi connectivity index (χ3v) is 4.95. The van der Waals surface area contributed by atoms with Crippen LogP contribution >= 0.6 is 0 Å². The van der Waals surface area contributed by atoms with Crippen LogP contribution < -0.4 is 10.1 Å². The van der Waals surface area contributed by atoms with Gasteiger partial charge in [-0.2, -0.15) is 0 Å². The van der Waals surface area contributed by atoms with E-state index in [1.807, 2.05) is 0 Å². The van der Waals surface area contributed by atoms with Crippen LogP contribution in [0.4, 0.5) is 5.69 Å². The summed E-state index contributed by atoms with van der Waals surface area (Å²) >= 11 is 0. The lowest BCUT2D eigenvalue weighted by Gasteiger charge is -2.23. The van der Waals surface area contributed by atoms with Crippen LogP contribution in [0.3, 0.4) is 0 Å². The average Bonchev–Trinajstić information content (AvgIpc) is 3.02. The van der Waals surface area contributed by atoms with Crippen LogP contribution in [0.1, 0.15) is 38.3 Å². The van der Waals surface area contributed by atoms with Gasteiger partial charge >= 0.3 is 0 Å². The topological polar surface area (TPSA) is 24.5 Å². The van der Waals surface area contributed by atoms with E-state index in [1.165, 1.54) is 11.1 Å². The van der Waals surface area contributed by atoms with E-state index in [4.69, 9.17) is 4.74 Å². The third kappa shape index (κ3) is 4.55. The van der Waals surface area contributed by atoms with Crippen molar-refractivity contribution in [2.24, 2.45) is 0 Å². The molecular formula is C22H30N2O. The van der Waals surface area contributed by atoms with Crippen molar-refractivity contribution >= 4 is 5.69 Å². The molecule has 0 bridgehead atoms. The molecule has 0 saturated carbocycles. The lowest BCUT2D eigenvalue weighted by molar-refractivity contribution is 0.328. The van der Waals surface area contributed by atoms with Crippen molar-refractivity contribution in [1.29, 1.82) is 0 Å². The van der Waals surface area contributed by atoms with E-state index in [9.17, 15) is 0 Å². The first-order valence-corrected chi connectivity index (χ1v) is 9.17. The Balaban J connectivity index is 1.66. The first-order chi connectivity index (χ1) is 12.0. The number of ether oxygens (including phenoxy) is 1. The van der Waals surface area contributed by atoms with Gasteiger partial charge in [-0.25, -0.2) is 0 Å². The standard InChI is InChI=1S/C22H30N2O/c1-22(2,3)18-10-11-21(25-4)20(14-18)23-19-12-13-24(16-19)15-17-8-6-5-7-9-17/h5-11,14,19,23H,12-13,15-16H2,1-4H3. The Bertz CT molecular complexity index is 691. The second kappa shape index (κ2) is 7.49. The van der Waals surface area contributed by atoms with Crippen LogP contribution in [0, 0.1) is 0 Å². The quantitative estimate of drug-likeness (QED) is 0.857. The van der Waals surface area contributed by atoms with E-state index in [0.29, 0.717) is 6.04 Å². The van der Waals surface area contributed by atoms with Gasteiger partial charge in [0, 0.05) is 25.7 Å². The second-order valence-corrected chi connectivity index (χ2v) is 8.02. The van der Waals surface area contributed by atoms with Gasteiger partial charge in [0.1, 0.15) is 5.75 Å². The summed E-state index contributed by atoms with van der Waals surface area (Å²) in [6.45, 7) is 9.96. The Morgan fingerprint density at radius 1 is 1.12 bits per heavy atom. The lowest BCUT2D eigenvalue weighted by Crippen LogP contribution is -2.26. The van der Waals surface area contributed by atoms with Crippen molar-refractivity contribution < 1.29 is 4.74 Å². The molecule has 1 aliphatic rings. The van der Waals surface area contributed by atoms with E-state index in [-0.39, 0.29) is 5.41 Å². The van der Waals surface area contributed by atoms with Gasteiger partial charge in [0.25, 0.3) is 0 Å². The molecular weight excluding hydrogens is 308 g/mol. The predicted octanol–water partition coefficient (Wildman–Crippen LogP) is 4.68. The van der Waals surface area contributed by atoms with Crippen LogP contribution in [0.2, 0.25) is 0 Å². The smallest absolute Gasteiger partial charge is 0.141 e. The fourth-order valence-electron chi connectivity index (χ4n) is 3.44. The maximum Gasteiger partial charge on any atom is 0.141 e. The minimum atomic E-state index is 0.137. The third-order valence-electron chi connectivity index (χ3n) is 4.95. The normalized spacial score (nSPS) is 18.3. The summed E-state index contributed by atoms with van der Waals surface area (Å²) in [5, 5.41) is 3.72. The summed E-state index contributed by atoms with van der Waals surface area (Å²) in [5.41, 5.74) is 3.96. The summed E-state index contributed by atoms with van der Waals surface area (Å²) in [7, 11) is 1.74. The average molecular weight is 338 g/mol. The fourth-order valence-corrected chi connectivity index (χ4v) is 3.44. The predicted molar refractivity (Wildman–Crippen MR) is 105 cm³/mol. The molecule has 1 unspecified atom stereocenters. The highest BCUT2D eigenvalue weighted by Crippen LogP contribution is 2.32. The first kappa shape index (κ1) is 17.8. The maximum atomic E-state index is 5.57. The van der Waals surface area contributed by atoms with Gasteiger partial charge in [-0.15, -0.1) is 0 Å². The Morgan fingerprint density at radius 3 is 2.56 bits per heavy atom. The number of anilines is 1. The van der Waals surface area contributed by atoms with E-state index in [2.05, 4.69) is 79.5 Å². The molecule has 3 heteroatoms. The molecule has 3 nitrogen and oxygen atoms in total. The number of nitrogens with zero attached hydrogens (tertiary/aromatic N) is 1. The Labute approximate surface area is 152 Å². The number of methoxy groups -OCH3 is 1. The highest BCUT2D eigenvalue weighted by molar-refractivity contribution is 5.59. The number of likely N-dealkylation sites (tertiary alicyclic amines) is 1. The molecule has 1 atom stereocenters. The Hall–Kier alpha value is -2.00. The molecule has 1 N–H and O–H groups in total. The number of hydrogen-bond acceptors (Lipinski definition) is 3. The molecule has 1 saturated heterocycles. The van der Waals surface area contributed by atoms with E-state index < -0.39 is 0 Å². The monoisotopic (exact) mass is 338 g/mol. The zero-order valence-electron chi connectivity index (χ0n) is 15.9. The summed E-state index contributed by atoms with van der Waals surface area (Å²) in [6.07, 6.45) is 1.16. The van der Waals surface area contributed by atoms with Crippen LogP contribution in [-0.4, -0.2) is 31.1 Å². The molecule has 1 fully saturated rings. The van der Waals surface area contributed by atoms with Gasteiger partial charge in [0.05, 0.1) is 12.8 Å². The van der Waals surface area contributed by atoms with Gasteiger partial charge < -0.3 is 10.1 Å². The molecule has 25 heavy (non-hydrogen) atoms. The molecule has 3 rings (SSSR count). The van der Waals surface area contributed by atoms with Crippen LogP contribution in [0.15, 0.2) is 48.5 Å². The number of rotatable bonds is 5. The number of benzene rings is 2. The Morgan fingerprint density at radius 2 is 1.88 bits per heavy atom. The summed E-state index contributed by atoms with van der Waals surface area (Å²) in [4.78, 5) is 2.52. The summed E-state index contributed by atoms with van der Waals surface area (Å²) < 4.78 is 5.57. The molecule has 0 aliphatic carbocycles. The highest BCUT2D eigenvalue weighted by atomic mass is 16.5. The van der Waals surface area contributed by atoms with Gasteiger partial charge in [-0.05, 0) is 35.1 Å². The van der Waals surface area contributed by atoms with E-state index in [1.54, 1.807) is 7.11 Å². The van der Waals surface area contributed by atoms with Crippen LogP contribution in [0.5, 0.6) is 5.75 Å².